The zero-order chi connectivity index (χ0) is 19.1. The Morgan fingerprint density at radius 1 is 1.27 bits per heavy atom. The summed E-state index contributed by atoms with van der Waals surface area (Å²) < 4.78 is 58.4. The van der Waals surface area contributed by atoms with Crippen LogP contribution in [0.1, 0.15) is 24.3 Å². The number of nitrogens with one attached hydrogen (secondary N) is 1. The average Bonchev–Trinajstić information content (AvgIpc) is 3.13. The predicted octanol–water partition coefficient (Wildman–Crippen LogP) is 2.36. The molecule has 1 aliphatic heterocycles. The minimum absolute atomic E-state index is 0.0611. The second kappa shape index (κ2) is 6.76. The van der Waals surface area contributed by atoms with Crippen molar-refractivity contribution in [2.45, 2.75) is 37.6 Å². The van der Waals surface area contributed by atoms with Gasteiger partial charge in [-0.3, -0.25) is 4.79 Å². The number of sulfonamides is 1. The van der Waals surface area contributed by atoms with Crippen LogP contribution in [0.25, 0.3) is 0 Å². The van der Waals surface area contributed by atoms with Gasteiger partial charge in [0.15, 0.2) is 5.76 Å². The summed E-state index contributed by atoms with van der Waals surface area (Å²) in [6.07, 6.45) is 0.782. The van der Waals surface area contributed by atoms with Gasteiger partial charge in [-0.1, -0.05) is 5.16 Å². The first-order chi connectivity index (χ1) is 12.2. The molecule has 0 radical (unpaired) electrons. The monoisotopic (exact) mass is 385 g/mol. The third kappa shape index (κ3) is 3.34. The molecule has 1 saturated heterocycles. The quantitative estimate of drug-likeness (QED) is 0.872. The number of carbonyl (C=O) groups excluding carboxylic acids is 1. The number of aromatic nitrogens is 1. The van der Waals surface area contributed by atoms with Gasteiger partial charge in [-0.05, 0) is 38.8 Å². The SMILES string of the molecule is Cc1noc(C)c1S(=O)(=O)N1CCC[C@@H]1C(=O)Nc1cc(F)cc(F)c1. The number of hydrogen-bond donors (Lipinski definition) is 1. The molecule has 1 N–H and O–H groups in total. The summed E-state index contributed by atoms with van der Waals surface area (Å²) in [5.41, 5.74) is 0.134. The standard InChI is InChI=1S/C16H17F2N3O4S/c1-9-15(10(2)25-20-9)26(23,24)21-5-3-4-14(21)16(22)19-13-7-11(17)6-12(18)8-13/h6-8,14H,3-5H2,1-2H3,(H,19,22)/t14-/m1/s1. The van der Waals surface area contributed by atoms with Gasteiger partial charge in [-0.25, -0.2) is 17.2 Å². The number of benzene rings is 1. The van der Waals surface area contributed by atoms with E-state index >= 15 is 0 Å². The first-order valence-corrected chi connectivity index (χ1v) is 9.36. The molecule has 0 aliphatic carbocycles. The molecule has 0 spiro atoms. The van der Waals surface area contributed by atoms with Crippen LogP contribution in [0.5, 0.6) is 0 Å². The maximum absolute atomic E-state index is 13.3. The number of halogens is 2. The molecule has 0 unspecified atom stereocenters. The number of rotatable bonds is 4. The molecular weight excluding hydrogens is 368 g/mol. The average molecular weight is 385 g/mol. The maximum Gasteiger partial charge on any atom is 0.249 e. The number of aryl methyl sites for hydroxylation is 2. The summed E-state index contributed by atoms with van der Waals surface area (Å²) in [4.78, 5) is 12.5. The van der Waals surface area contributed by atoms with Gasteiger partial charge in [0, 0.05) is 18.3 Å². The van der Waals surface area contributed by atoms with Crippen LogP contribution in [0, 0.1) is 25.5 Å². The Balaban J connectivity index is 1.87. The van der Waals surface area contributed by atoms with Gasteiger partial charge in [0.25, 0.3) is 0 Å². The van der Waals surface area contributed by atoms with E-state index in [2.05, 4.69) is 10.5 Å². The molecule has 1 amide bonds. The number of anilines is 1. The topological polar surface area (TPSA) is 92.5 Å². The summed E-state index contributed by atoms with van der Waals surface area (Å²) in [7, 11) is -3.99. The highest BCUT2D eigenvalue weighted by Gasteiger charge is 2.41. The second-order valence-electron chi connectivity index (χ2n) is 6.07. The van der Waals surface area contributed by atoms with Crippen LogP contribution in [-0.2, 0) is 14.8 Å². The van der Waals surface area contributed by atoms with Crippen molar-refractivity contribution in [3.63, 3.8) is 0 Å². The van der Waals surface area contributed by atoms with Crippen LogP contribution in [0.4, 0.5) is 14.5 Å². The fourth-order valence-electron chi connectivity index (χ4n) is 3.10. The summed E-state index contributed by atoms with van der Waals surface area (Å²) in [6, 6.07) is 1.62. The molecule has 2 heterocycles. The molecule has 1 aromatic heterocycles. The van der Waals surface area contributed by atoms with E-state index in [1.54, 1.807) is 0 Å². The summed E-state index contributed by atoms with van der Waals surface area (Å²) in [6.45, 7) is 3.14. The minimum atomic E-state index is -3.99. The number of carbonyl (C=O) groups is 1. The van der Waals surface area contributed by atoms with Crippen molar-refractivity contribution in [3.8, 4) is 0 Å². The Labute approximate surface area is 149 Å². The lowest BCUT2D eigenvalue weighted by Gasteiger charge is -2.23. The first kappa shape index (κ1) is 18.5. The van der Waals surface area contributed by atoms with Crippen molar-refractivity contribution in [1.29, 1.82) is 0 Å². The van der Waals surface area contributed by atoms with Crippen LogP contribution >= 0.6 is 0 Å². The summed E-state index contributed by atoms with van der Waals surface area (Å²) in [5, 5.41) is 6.02. The lowest BCUT2D eigenvalue weighted by atomic mass is 10.2. The molecule has 0 saturated carbocycles. The van der Waals surface area contributed by atoms with Crippen molar-refractivity contribution in [2.24, 2.45) is 0 Å². The van der Waals surface area contributed by atoms with Crippen LogP contribution in [0.15, 0.2) is 27.6 Å². The molecule has 0 bridgehead atoms. The molecule has 10 heteroatoms. The highest BCUT2D eigenvalue weighted by Crippen LogP contribution is 2.30. The lowest BCUT2D eigenvalue weighted by molar-refractivity contribution is -0.119. The molecule has 26 heavy (non-hydrogen) atoms. The van der Waals surface area contributed by atoms with Crippen molar-refractivity contribution < 1.29 is 26.5 Å². The molecule has 140 valence electrons. The van der Waals surface area contributed by atoms with E-state index in [4.69, 9.17) is 4.52 Å². The molecule has 1 fully saturated rings. The Kier molecular flexibility index (Phi) is 4.80. The van der Waals surface area contributed by atoms with Gasteiger partial charge in [-0.15, -0.1) is 0 Å². The third-order valence-electron chi connectivity index (χ3n) is 4.17. The van der Waals surface area contributed by atoms with E-state index in [1.165, 1.54) is 13.8 Å². The van der Waals surface area contributed by atoms with E-state index in [0.29, 0.717) is 18.9 Å². The van der Waals surface area contributed by atoms with Gasteiger partial charge < -0.3 is 9.84 Å². The molecule has 1 atom stereocenters. The molecule has 7 nitrogen and oxygen atoms in total. The zero-order valence-corrected chi connectivity index (χ0v) is 14.9. The normalized spacial score (nSPS) is 18.2. The Bertz CT molecular complexity index is 919. The first-order valence-electron chi connectivity index (χ1n) is 7.92. The van der Waals surface area contributed by atoms with E-state index in [1.807, 2.05) is 0 Å². The zero-order valence-electron chi connectivity index (χ0n) is 14.1. The smallest absolute Gasteiger partial charge is 0.249 e. The van der Waals surface area contributed by atoms with Gasteiger partial charge in [-0.2, -0.15) is 4.31 Å². The Morgan fingerprint density at radius 2 is 1.92 bits per heavy atom. The summed E-state index contributed by atoms with van der Waals surface area (Å²) >= 11 is 0. The van der Waals surface area contributed by atoms with Gasteiger partial charge in [0.05, 0.1) is 0 Å². The molecule has 2 aromatic rings. The van der Waals surface area contributed by atoms with E-state index < -0.39 is 33.6 Å². The number of amides is 1. The van der Waals surface area contributed by atoms with Crippen LogP contribution in [-0.4, -0.2) is 36.4 Å². The van der Waals surface area contributed by atoms with Crippen molar-refractivity contribution in [2.75, 3.05) is 11.9 Å². The highest BCUT2D eigenvalue weighted by molar-refractivity contribution is 7.89. The third-order valence-corrected chi connectivity index (χ3v) is 6.32. The largest absolute Gasteiger partial charge is 0.360 e. The van der Waals surface area contributed by atoms with Crippen molar-refractivity contribution in [1.82, 2.24) is 9.46 Å². The van der Waals surface area contributed by atoms with Gasteiger partial charge in [0.1, 0.15) is 28.3 Å². The Morgan fingerprint density at radius 3 is 2.50 bits per heavy atom. The van der Waals surface area contributed by atoms with Crippen LogP contribution < -0.4 is 5.32 Å². The molecule has 1 aromatic carbocycles. The number of nitrogens with zero attached hydrogens (tertiary/aromatic N) is 2. The Hall–Kier alpha value is -2.33. The predicted molar refractivity (Wildman–Crippen MR) is 87.9 cm³/mol. The van der Waals surface area contributed by atoms with E-state index in [0.717, 1.165) is 16.4 Å². The second-order valence-corrected chi connectivity index (χ2v) is 7.90. The minimum Gasteiger partial charge on any atom is -0.360 e. The van der Waals surface area contributed by atoms with E-state index in [9.17, 15) is 22.0 Å². The molecule has 1 aliphatic rings. The van der Waals surface area contributed by atoms with Crippen molar-refractivity contribution in [3.05, 3.63) is 41.3 Å². The van der Waals surface area contributed by atoms with Crippen molar-refractivity contribution >= 4 is 21.6 Å². The molecule has 3 rings (SSSR count). The van der Waals surface area contributed by atoms with Gasteiger partial charge >= 0.3 is 0 Å². The molecular formula is C16H17F2N3O4S. The van der Waals surface area contributed by atoms with Crippen LogP contribution in [0.3, 0.4) is 0 Å². The summed E-state index contributed by atoms with van der Waals surface area (Å²) in [5.74, 6) is -2.19. The van der Waals surface area contributed by atoms with Crippen LogP contribution in [0.2, 0.25) is 0 Å². The highest BCUT2D eigenvalue weighted by atomic mass is 32.2. The number of hydrogen-bond acceptors (Lipinski definition) is 5. The van der Waals surface area contributed by atoms with Gasteiger partial charge in [0.2, 0.25) is 15.9 Å². The fourth-order valence-corrected chi connectivity index (χ4v) is 5.05. The maximum atomic E-state index is 13.3. The van der Waals surface area contributed by atoms with E-state index in [-0.39, 0.29) is 28.6 Å². The lowest BCUT2D eigenvalue weighted by Crippen LogP contribution is -2.43. The fraction of sp³-hybridized carbons (Fsp3) is 0.375.